The van der Waals surface area contributed by atoms with Crippen LogP contribution >= 0.6 is 11.6 Å². The third-order valence-corrected chi connectivity index (χ3v) is 3.76. The number of likely N-dealkylation sites (tertiary alicyclic amines) is 1. The Morgan fingerprint density at radius 3 is 3.00 bits per heavy atom. The van der Waals surface area contributed by atoms with E-state index in [4.69, 9.17) is 22.1 Å². The van der Waals surface area contributed by atoms with Crippen molar-refractivity contribution in [3.05, 3.63) is 29.0 Å². The van der Waals surface area contributed by atoms with E-state index >= 15 is 0 Å². The van der Waals surface area contributed by atoms with Gasteiger partial charge in [0.05, 0.1) is 5.02 Å². The summed E-state index contributed by atoms with van der Waals surface area (Å²) in [7, 11) is 0. The largest absolute Gasteiger partial charge is 0.482 e. The van der Waals surface area contributed by atoms with Crippen LogP contribution in [0.4, 0.5) is 4.39 Å². The van der Waals surface area contributed by atoms with Crippen molar-refractivity contribution in [2.45, 2.75) is 25.3 Å². The van der Waals surface area contributed by atoms with Crippen LogP contribution in [-0.4, -0.2) is 36.5 Å². The van der Waals surface area contributed by atoms with Gasteiger partial charge in [-0.3, -0.25) is 4.79 Å². The fourth-order valence-corrected chi connectivity index (χ4v) is 2.61. The van der Waals surface area contributed by atoms with Gasteiger partial charge in [0.15, 0.2) is 6.61 Å². The van der Waals surface area contributed by atoms with Crippen molar-refractivity contribution in [3.63, 3.8) is 0 Å². The van der Waals surface area contributed by atoms with E-state index in [-0.39, 0.29) is 23.6 Å². The van der Waals surface area contributed by atoms with E-state index < -0.39 is 5.82 Å². The molecule has 0 aliphatic carbocycles. The Morgan fingerprint density at radius 1 is 1.50 bits per heavy atom. The van der Waals surface area contributed by atoms with Crippen molar-refractivity contribution < 1.29 is 13.9 Å². The van der Waals surface area contributed by atoms with Crippen LogP contribution in [0.15, 0.2) is 18.2 Å². The molecule has 20 heavy (non-hydrogen) atoms. The highest BCUT2D eigenvalue weighted by Crippen LogP contribution is 2.25. The van der Waals surface area contributed by atoms with Crippen LogP contribution in [0.2, 0.25) is 5.02 Å². The predicted molar refractivity (Wildman–Crippen MR) is 75.3 cm³/mol. The van der Waals surface area contributed by atoms with E-state index in [0.717, 1.165) is 25.3 Å². The van der Waals surface area contributed by atoms with E-state index in [1.807, 2.05) is 0 Å². The summed E-state index contributed by atoms with van der Waals surface area (Å²) in [5.74, 6) is -0.240. The number of nitrogens with two attached hydrogens (primary N) is 1. The van der Waals surface area contributed by atoms with Gasteiger partial charge in [-0.15, -0.1) is 0 Å². The molecule has 1 saturated heterocycles. The van der Waals surface area contributed by atoms with Crippen molar-refractivity contribution in [1.29, 1.82) is 0 Å². The molecular formula is C14H18ClFN2O2. The average molecular weight is 301 g/mol. The third-order valence-electron chi connectivity index (χ3n) is 3.46. The number of rotatable bonds is 4. The van der Waals surface area contributed by atoms with Gasteiger partial charge >= 0.3 is 0 Å². The first-order valence-corrected chi connectivity index (χ1v) is 7.07. The maximum Gasteiger partial charge on any atom is 0.260 e. The quantitative estimate of drug-likeness (QED) is 0.927. The number of ether oxygens (including phenoxy) is 1. The summed E-state index contributed by atoms with van der Waals surface area (Å²) >= 11 is 5.84. The fourth-order valence-electron chi connectivity index (χ4n) is 2.39. The Morgan fingerprint density at radius 2 is 2.30 bits per heavy atom. The van der Waals surface area contributed by atoms with Gasteiger partial charge in [0.25, 0.3) is 5.91 Å². The first-order chi connectivity index (χ1) is 9.61. The van der Waals surface area contributed by atoms with Crippen LogP contribution in [0, 0.1) is 5.82 Å². The zero-order valence-electron chi connectivity index (χ0n) is 11.1. The third kappa shape index (κ3) is 3.61. The van der Waals surface area contributed by atoms with Crippen molar-refractivity contribution in [1.82, 2.24) is 4.90 Å². The lowest BCUT2D eigenvalue weighted by Gasteiger charge is -2.34. The highest BCUT2D eigenvalue weighted by Gasteiger charge is 2.25. The molecule has 2 rings (SSSR count). The molecule has 0 saturated carbocycles. The number of piperidine rings is 1. The molecule has 1 aliphatic rings. The second-order valence-corrected chi connectivity index (χ2v) is 5.24. The second kappa shape index (κ2) is 6.90. The van der Waals surface area contributed by atoms with Gasteiger partial charge in [-0.1, -0.05) is 11.6 Å². The van der Waals surface area contributed by atoms with E-state index in [9.17, 15) is 9.18 Å². The molecule has 1 unspecified atom stereocenters. The molecule has 2 N–H and O–H groups in total. The van der Waals surface area contributed by atoms with Crippen LogP contribution in [-0.2, 0) is 4.79 Å². The van der Waals surface area contributed by atoms with Gasteiger partial charge in [0, 0.05) is 19.1 Å². The Kier molecular flexibility index (Phi) is 5.20. The first-order valence-electron chi connectivity index (χ1n) is 6.69. The molecule has 1 aromatic rings. The molecule has 4 nitrogen and oxygen atoms in total. The van der Waals surface area contributed by atoms with E-state index in [1.165, 1.54) is 12.1 Å². The number of carbonyl (C=O) groups is 1. The summed E-state index contributed by atoms with van der Waals surface area (Å²) in [5.41, 5.74) is 5.68. The molecule has 1 fully saturated rings. The number of carbonyl (C=O) groups excluding carboxylic acids is 1. The predicted octanol–water partition coefficient (Wildman–Crippen LogP) is 2.20. The van der Waals surface area contributed by atoms with Crippen LogP contribution in [0.5, 0.6) is 5.75 Å². The topological polar surface area (TPSA) is 55.6 Å². The molecule has 1 atom stereocenters. The molecule has 1 aliphatic heterocycles. The summed E-state index contributed by atoms with van der Waals surface area (Å²) in [5, 5.41) is 0.159. The van der Waals surface area contributed by atoms with Crippen LogP contribution < -0.4 is 10.5 Å². The molecular weight excluding hydrogens is 283 g/mol. The zero-order valence-corrected chi connectivity index (χ0v) is 11.9. The molecule has 0 aromatic heterocycles. The lowest BCUT2D eigenvalue weighted by Crippen LogP contribution is -2.49. The number of halogens is 2. The van der Waals surface area contributed by atoms with Gasteiger partial charge in [-0.25, -0.2) is 4.39 Å². The molecule has 0 radical (unpaired) electrons. The molecule has 110 valence electrons. The minimum atomic E-state index is -0.437. The summed E-state index contributed by atoms with van der Waals surface area (Å²) in [6, 6.07) is 3.91. The monoisotopic (exact) mass is 300 g/mol. The number of hydrogen-bond donors (Lipinski definition) is 1. The SMILES string of the molecule is NCC1CCCCN1C(=O)COc1ccc(F)cc1Cl. The zero-order chi connectivity index (χ0) is 14.5. The maximum absolute atomic E-state index is 12.9. The second-order valence-electron chi connectivity index (χ2n) is 4.84. The van der Waals surface area contributed by atoms with Crippen molar-refractivity contribution in [2.75, 3.05) is 19.7 Å². The fraction of sp³-hybridized carbons (Fsp3) is 0.500. The molecule has 6 heteroatoms. The summed E-state index contributed by atoms with van der Waals surface area (Å²) in [4.78, 5) is 13.9. The minimum absolute atomic E-state index is 0.0866. The van der Waals surface area contributed by atoms with Crippen molar-refractivity contribution in [3.8, 4) is 5.75 Å². The van der Waals surface area contributed by atoms with Gasteiger partial charge in [-0.05, 0) is 37.5 Å². The molecule has 1 aromatic carbocycles. The van der Waals surface area contributed by atoms with Gasteiger partial charge in [-0.2, -0.15) is 0 Å². The maximum atomic E-state index is 12.9. The number of benzene rings is 1. The molecule has 1 amide bonds. The Balaban J connectivity index is 1.94. The van der Waals surface area contributed by atoms with E-state index in [2.05, 4.69) is 0 Å². The normalized spacial score (nSPS) is 18.9. The standard InChI is InChI=1S/C14H18ClFN2O2/c15-12-7-10(16)4-5-13(12)20-9-14(19)18-6-2-1-3-11(18)8-17/h4-5,7,11H,1-3,6,8-9,17H2. The molecule has 1 heterocycles. The summed E-state index contributed by atoms with van der Waals surface area (Å²) in [6.07, 6.45) is 3.01. The lowest BCUT2D eigenvalue weighted by molar-refractivity contribution is -0.136. The highest BCUT2D eigenvalue weighted by molar-refractivity contribution is 6.32. The number of amides is 1. The van der Waals surface area contributed by atoms with Crippen LogP contribution in [0.25, 0.3) is 0 Å². The number of nitrogens with zero attached hydrogens (tertiary/aromatic N) is 1. The Hall–Kier alpha value is -1.33. The Labute approximate surface area is 122 Å². The first kappa shape index (κ1) is 15.1. The lowest BCUT2D eigenvalue weighted by atomic mass is 10.0. The molecule has 0 spiro atoms. The van der Waals surface area contributed by atoms with Gasteiger partial charge in [0.1, 0.15) is 11.6 Å². The number of hydrogen-bond acceptors (Lipinski definition) is 3. The summed E-state index contributed by atoms with van der Waals surface area (Å²) in [6.45, 7) is 1.06. The van der Waals surface area contributed by atoms with Crippen LogP contribution in [0.3, 0.4) is 0 Å². The van der Waals surface area contributed by atoms with Crippen molar-refractivity contribution in [2.24, 2.45) is 5.73 Å². The van der Waals surface area contributed by atoms with Gasteiger partial charge in [0.2, 0.25) is 0 Å². The highest BCUT2D eigenvalue weighted by atomic mass is 35.5. The van der Waals surface area contributed by atoms with E-state index in [1.54, 1.807) is 4.90 Å². The minimum Gasteiger partial charge on any atom is -0.482 e. The molecule has 0 bridgehead atoms. The summed E-state index contributed by atoms with van der Waals surface area (Å²) < 4.78 is 18.3. The smallest absolute Gasteiger partial charge is 0.260 e. The Bertz CT molecular complexity index is 484. The van der Waals surface area contributed by atoms with Crippen LogP contribution in [0.1, 0.15) is 19.3 Å². The average Bonchev–Trinajstić information content (AvgIpc) is 2.46. The van der Waals surface area contributed by atoms with Gasteiger partial charge < -0.3 is 15.4 Å². The van der Waals surface area contributed by atoms with Crippen molar-refractivity contribution >= 4 is 17.5 Å². The van der Waals surface area contributed by atoms with E-state index in [0.29, 0.717) is 18.8 Å².